The number of nitrogens with two attached hydrogens (primary N) is 1. The summed E-state index contributed by atoms with van der Waals surface area (Å²) in [5.41, 5.74) is 5.84. The Balaban J connectivity index is 2.61. The van der Waals surface area contributed by atoms with Gasteiger partial charge in [-0.05, 0) is 26.2 Å². The van der Waals surface area contributed by atoms with Gasteiger partial charge in [0.25, 0.3) is 5.56 Å². The number of urea groups is 1. The minimum Gasteiger partial charge on any atom is -0.463 e. The number of aromatic nitrogens is 2. The normalized spacial score (nSPS) is 16.1. The Morgan fingerprint density at radius 3 is 2.53 bits per heavy atom. The van der Waals surface area contributed by atoms with Crippen LogP contribution in [0, 0.1) is 5.92 Å². The summed E-state index contributed by atoms with van der Waals surface area (Å²) in [6.45, 7) is 10.3. The van der Waals surface area contributed by atoms with Crippen LogP contribution >= 0.6 is 0 Å². The minimum atomic E-state index is -0.618. The first kappa shape index (κ1) is 25.0. The Kier molecular flexibility index (Phi) is 8.50. The molecule has 1 atom stereocenters. The molecule has 11 heteroatoms. The second kappa shape index (κ2) is 10.9. The van der Waals surface area contributed by atoms with Gasteiger partial charge in [-0.15, -0.1) is 0 Å². The van der Waals surface area contributed by atoms with Crippen LogP contribution in [-0.4, -0.2) is 47.3 Å². The van der Waals surface area contributed by atoms with Gasteiger partial charge in [0.05, 0.1) is 30.5 Å². The smallest absolute Gasteiger partial charge is 0.337 e. The first-order valence-corrected chi connectivity index (χ1v) is 11.0. The lowest BCUT2D eigenvalue weighted by molar-refractivity contribution is -0.139. The van der Waals surface area contributed by atoms with Gasteiger partial charge < -0.3 is 26.0 Å². The third-order valence-electron chi connectivity index (χ3n) is 5.07. The molecule has 2 amide bonds. The number of rotatable bonds is 10. The molecule has 0 saturated carbocycles. The number of unbranched alkanes of at least 4 members (excludes halogenated alkanes) is 1. The molecule has 5 N–H and O–H groups in total. The molecule has 0 saturated heterocycles. The van der Waals surface area contributed by atoms with Crippen molar-refractivity contribution in [3.63, 3.8) is 0 Å². The first-order chi connectivity index (χ1) is 15.1. The number of aromatic amines is 1. The van der Waals surface area contributed by atoms with Crippen molar-refractivity contribution in [2.75, 3.05) is 30.3 Å². The number of nitrogen functional groups attached to an aromatic ring is 1. The summed E-state index contributed by atoms with van der Waals surface area (Å²) in [4.78, 5) is 53.9. The number of hydrogen-bond donors (Lipinski definition) is 4. The number of H-pyrrole nitrogens is 1. The Morgan fingerprint density at radius 2 is 1.94 bits per heavy atom. The van der Waals surface area contributed by atoms with Crippen molar-refractivity contribution < 1.29 is 14.3 Å². The van der Waals surface area contributed by atoms with E-state index in [1.54, 1.807) is 18.7 Å². The molecule has 178 valence electrons. The third kappa shape index (κ3) is 5.71. The van der Waals surface area contributed by atoms with Crippen molar-refractivity contribution in [3.05, 3.63) is 32.1 Å². The number of esters is 1. The predicted molar refractivity (Wildman–Crippen MR) is 122 cm³/mol. The molecule has 1 aromatic rings. The standard InChI is InChI=1S/C21H34N6O5/c1-6-8-9-27-17(22)16(18(28)25-21(27)31)26(10-12(3)4)11-14-15(19(29)32-7-2)13(5)23-20(30)24-14/h12-13H,6-11,22H2,1-5H3,(H2,23,24,30)(H,25,28,31). The number of anilines is 2. The van der Waals surface area contributed by atoms with Gasteiger partial charge in [0, 0.05) is 13.1 Å². The van der Waals surface area contributed by atoms with Gasteiger partial charge >= 0.3 is 17.7 Å². The van der Waals surface area contributed by atoms with Crippen LogP contribution in [0.3, 0.4) is 0 Å². The SMILES string of the molecule is CCCCn1c(N)c(N(CC2=C(C(=O)OCC)C(C)NC(=O)N2)CC(C)C)c(=O)[nH]c1=O. The maximum atomic E-state index is 12.8. The molecular weight excluding hydrogens is 416 g/mol. The summed E-state index contributed by atoms with van der Waals surface area (Å²) in [7, 11) is 0. The van der Waals surface area contributed by atoms with E-state index in [1.807, 2.05) is 20.8 Å². The Bertz CT molecular complexity index is 993. The van der Waals surface area contributed by atoms with Crippen LogP contribution < -0.4 is 32.5 Å². The lowest BCUT2D eigenvalue weighted by atomic mass is 10.0. The molecule has 1 aliphatic rings. The quantitative estimate of drug-likeness (QED) is 0.387. The largest absolute Gasteiger partial charge is 0.463 e. The summed E-state index contributed by atoms with van der Waals surface area (Å²) in [5, 5.41) is 5.32. The highest BCUT2D eigenvalue weighted by atomic mass is 16.5. The van der Waals surface area contributed by atoms with Crippen LogP contribution in [0.25, 0.3) is 0 Å². The van der Waals surface area contributed by atoms with E-state index in [2.05, 4.69) is 15.6 Å². The summed E-state index contributed by atoms with van der Waals surface area (Å²) in [5.74, 6) is -0.382. The zero-order valence-electron chi connectivity index (χ0n) is 19.4. The van der Waals surface area contributed by atoms with Crippen LogP contribution in [0.5, 0.6) is 0 Å². The van der Waals surface area contributed by atoms with Crippen molar-refractivity contribution in [2.24, 2.45) is 5.92 Å². The van der Waals surface area contributed by atoms with E-state index >= 15 is 0 Å². The molecule has 0 spiro atoms. The fourth-order valence-electron chi connectivity index (χ4n) is 3.69. The van der Waals surface area contributed by atoms with E-state index in [4.69, 9.17) is 10.5 Å². The fraction of sp³-hybridized carbons (Fsp3) is 0.619. The molecule has 1 aromatic heterocycles. The molecule has 1 unspecified atom stereocenters. The second-order valence-corrected chi connectivity index (χ2v) is 8.21. The maximum Gasteiger partial charge on any atom is 0.337 e. The van der Waals surface area contributed by atoms with E-state index in [0.717, 1.165) is 12.8 Å². The summed E-state index contributed by atoms with van der Waals surface area (Å²) in [6, 6.07) is -1.03. The molecule has 0 aliphatic carbocycles. The molecule has 0 aromatic carbocycles. The van der Waals surface area contributed by atoms with Gasteiger partial charge in [0.15, 0.2) is 0 Å². The van der Waals surface area contributed by atoms with Gasteiger partial charge in [-0.2, -0.15) is 0 Å². The van der Waals surface area contributed by atoms with Crippen LogP contribution in [0.15, 0.2) is 20.9 Å². The van der Waals surface area contributed by atoms with Crippen molar-refractivity contribution in [3.8, 4) is 0 Å². The highest BCUT2D eigenvalue weighted by Crippen LogP contribution is 2.22. The van der Waals surface area contributed by atoms with E-state index in [-0.39, 0.29) is 36.1 Å². The Morgan fingerprint density at radius 1 is 1.25 bits per heavy atom. The molecule has 1 aliphatic heterocycles. The number of nitrogens with zero attached hydrogens (tertiary/aromatic N) is 2. The van der Waals surface area contributed by atoms with Gasteiger partial charge in [0.2, 0.25) is 0 Å². The van der Waals surface area contributed by atoms with Gasteiger partial charge in [0.1, 0.15) is 11.5 Å². The van der Waals surface area contributed by atoms with Crippen molar-refractivity contribution in [1.82, 2.24) is 20.2 Å². The van der Waals surface area contributed by atoms with E-state index in [9.17, 15) is 19.2 Å². The number of carbonyl (C=O) groups is 2. The Labute approximate surface area is 187 Å². The highest BCUT2D eigenvalue weighted by Gasteiger charge is 2.31. The third-order valence-corrected chi connectivity index (χ3v) is 5.07. The van der Waals surface area contributed by atoms with Crippen molar-refractivity contribution in [1.29, 1.82) is 0 Å². The number of nitrogens with one attached hydrogen (secondary N) is 3. The predicted octanol–water partition coefficient (Wildman–Crippen LogP) is 0.900. The van der Waals surface area contributed by atoms with Gasteiger partial charge in [-0.25, -0.2) is 14.4 Å². The maximum absolute atomic E-state index is 12.8. The number of hydrogen-bond acceptors (Lipinski definition) is 7. The van der Waals surface area contributed by atoms with Gasteiger partial charge in [-0.3, -0.25) is 14.3 Å². The monoisotopic (exact) mass is 450 g/mol. The molecular formula is C21H34N6O5. The average molecular weight is 451 g/mol. The number of ether oxygens (including phenoxy) is 1. The van der Waals surface area contributed by atoms with Crippen LogP contribution in [0.4, 0.5) is 16.3 Å². The second-order valence-electron chi connectivity index (χ2n) is 8.21. The summed E-state index contributed by atoms with van der Waals surface area (Å²) in [6.07, 6.45) is 1.57. The van der Waals surface area contributed by atoms with E-state index in [1.165, 1.54) is 4.57 Å². The van der Waals surface area contributed by atoms with Crippen molar-refractivity contribution in [2.45, 2.75) is 60.0 Å². The zero-order chi connectivity index (χ0) is 24.0. The topological polar surface area (TPSA) is 152 Å². The van der Waals surface area contributed by atoms with E-state index in [0.29, 0.717) is 18.8 Å². The summed E-state index contributed by atoms with van der Waals surface area (Å²) >= 11 is 0. The molecule has 0 fully saturated rings. The van der Waals surface area contributed by atoms with Crippen LogP contribution in [0.2, 0.25) is 0 Å². The minimum absolute atomic E-state index is 0.0311. The lowest BCUT2D eigenvalue weighted by Gasteiger charge is -2.32. The number of carbonyl (C=O) groups excluding carboxylic acids is 2. The summed E-state index contributed by atoms with van der Waals surface area (Å²) < 4.78 is 6.51. The van der Waals surface area contributed by atoms with E-state index < -0.39 is 29.3 Å². The molecule has 32 heavy (non-hydrogen) atoms. The molecule has 0 bridgehead atoms. The Hall–Kier alpha value is -3.24. The van der Waals surface area contributed by atoms with Crippen LogP contribution in [-0.2, 0) is 16.1 Å². The van der Waals surface area contributed by atoms with Gasteiger partial charge in [-0.1, -0.05) is 27.2 Å². The molecule has 2 heterocycles. The lowest BCUT2D eigenvalue weighted by Crippen LogP contribution is -2.52. The zero-order valence-corrected chi connectivity index (χ0v) is 19.4. The highest BCUT2D eigenvalue weighted by molar-refractivity contribution is 5.95. The first-order valence-electron chi connectivity index (χ1n) is 11.0. The molecule has 0 radical (unpaired) electrons. The van der Waals surface area contributed by atoms with Crippen LogP contribution in [0.1, 0.15) is 47.5 Å². The molecule has 2 rings (SSSR count). The average Bonchev–Trinajstić information content (AvgIpc) is 2.66. The fourth-order valence-corrected chi connectivity index (χ4v) is 3.69. The molecule has 11 nitrogen and oxygen atoms in total. The van der Waals surface area contributed by atoms with Crippen molar-refractivity contribution >= 4 is 23.5 Å². The number of amides is 2.